The van der Waals surface area contributed by atoms with Crippen molar-refractivity contribution in [2.75, 3.05) is 13.7 Å². The van der Waals surface area contributed by atoms with Crippen molar-refractivity contribution in [3.05, 3.63) is 56.3 Å². The molecule has 0 radical (unpaired) electrons. The fourth-order valence-corrected chi connectivity index (χ4v) is 2.54. The average Bonchev–Trinajstić information content (AvgIpc) is 2.92. The molecule has 0 bridgehead atoms. The minimum atomic E-state index is -0.487. The smallest absolute Gasteiger partial charge is 0.335 e. The number of thiophene rings is 1. The lowest BCUT2D eigenvalue weighted by molar-refractivity contribution is 0.0783. The molecule has 0 atom stereocenters. The summed E-state index contributed by atoms with van der Waals surface area (Å²) in [6, 6.07) is 4.54. The van der Waals surface area contributed by atoms with Gasteiger partial charge in [0.05, 0.1) is 12.1 Å². The summed E-state index contributed by atoms with van der Waals surface area (Å²) < 4.78 is 4.69. The van der Waals surface area contributed by atoms with Gasteiger partial charge in [-0.3, -0.25) is 4.79 Å². The van der Waals surface area contributed by atoms with Crippen molar-refractivity contribution in [2.45, 2.75) is 6.54 Å². The van der Waals surface area contributed by atoms with Gasteiger partial charge in [-0.1, -0.05) is 11.8 Å². The standard InChI is InChI=1S/C15H13NO4S/c1-16(15(19)12-4-5-14(18)20-9-12)8-13-7-11(10-21-13)3-2-6-17/h4-5,7,9-10,17H,6,8H2,1H3. The SMILES string of the molecule is CN(Cc1cc(C#CCO)cs1)C(=O)c1ccc(=O)oc1. The molecule has 5 nitrogen and oxygen atoms in total. The highest BCUT2D eigenvalue weighted by Crippen LogP contribution is 2.16. The maximum Gasteiger partial charge on any atom is 0.335 e. The monoisotopic (exact) mass is 303 g/mol. The van der Waals surface area contributed by atoms with Crippen LogP contribution in [0.15, 0.2) is 39.1 Å². The maximum absolute atomic E-state index is 12.1. The maximum atomic E-state index is 12.1. The third-order valence-corrected chi connectivity index (χ3v) is 3.57. The molecule has 0 unspecified atom stereocenters. The van der Waals surface area contributed by atoms with E-state index in [0.717, 1.165) is 16.7 Å². The second kappa shape index (κ2) is 6.88. The molecule has 1 amide bonds. The number of nitrogens with zero attached hydrogens (tertiary/aromatic N) is 1. The molecule has 21 heavy (non-hydrogen) atoms. The van der Waals surface area contributed by atoms with Crippen LogP contribution in [0.5, 0.6) is 0 Å². The number of hydrogen-bond acceptors (Lipinski definition) is 5. The van der Waals surface area contributed by atoms with Crippen molar-refractivity contribution in [3.63, 3.8) is 0 Å². The molecule has 108 valence electrons. The van der Waals surface area contributed by atoms with E-state index in [1.165, 1.54) is 28.4 Å². The highest BCUT2D eigenvalue weighted by molar-refractivity contribution is 7.10. The molecule has 2 aromatic heterocycles. The van der Waals surface area contributed by atoms with Crippen molar-refractivity contribution in [3.8, 4) is 11.8 Å². The largest absolute Gasteiger partial charge is 0.430 e. The van der Waals surface area contributed by atoms with Crippen LogP contribution in [0.2, 0.25) is 0 Å². The predicted octanol–water partition coefficient (Wildman–Crippen LogP) is 1.32. The Kier molecular flexibility index (Phi) is 4.93. The summed E-state index contributed by atoms with van der Waals surface area (Å²) >= 11 is 1.49. The highest BCUT2D eigenvalue weighted by Gasteiger charge is 2.13. The molecule has 2 rings (SSSR count). The summed E-state index contributed by atoms with van der Waals surface area (Å²) in [5.41, 5.74) is 0.657. The Bertz CT molecular complexity index is 730. The van der Waals surface area contributed by atoms with Crippen molar-refractivity contribution in [2.24, 2.45) is 0 Å². The molecule has 0 fully saturated rings. The molecule has 0 aliphatic carbocycles. The van der Waals surface area contributed by atoms with E-state index in [1.54, 1.807) is 7.05 Å². The Balaban J connectivity index is 2.05. The van der Waals surface area contributed by atoms with Gasteiger partial charge in [0.2, 0.25) is 0 Å². The second-order valence-electron chi connectivity index (χ2n) is 4.27. The Morgan fingerprint density at radius 1 is 1.48 bits per heavy atom. The van der Waals surface area contributed by atoms with E-state index in [2.05, 4.69) is 16.3 Å². The van der Waals surface area contributed by atoms with Gasteiger partial charge in [-0.05, 0) is 12.1 Å². The minimum Gasteiger partial charge on any atom is -0.430 e. The van der Waals surface area contributed by atoms with Gasteiger partial charge in [0, 0.05) is 28.9 Å². The highest BCUT2D eigenvalue weighted by atomic mass is 32.1. The number of aliphatic hydroxyl groups is 1. The summed E-state index contributed by atoms with van der Waals surface area (Å²) in [5.74, 6) is 5.16. The number of amides is 1. The first-order valence-electron chi connectivity index (χ1n) is 6.11. The predicted molar refractivity (Wildman–Crippen MR) is 79.1 cm³/mol. The first-order valence-corrected chi connectivity index (χ1v) is 6.99. The lowest BCUT2D eigenvalue weighted by Crippen LogP contribution is -2.26. The number of rotatable bonds is 3. The molecule has 0 aliphatic rings. The van der Waals surface area contributed by atoms with Crippen molar-refractivity contribution >= 4 is 17.2 Å². The van der Waals surface area contributed by atoms with Gasteiger partial charge < -0.3 is 14.4 Å². The van der Waals surface area contributed by atoms with E-state index in [9.17, 15) is 9.59 Å². The zero-order chi connectivity index (χ0) is 15.2. The lowest BCUT2D eigenvalue weighted by atomic mass is 10.2. The van der Waals surface area contributed by atoms with E-state index in [1.807, 2.05) is 11.4 Å². The van der Waals surface area contributed by atoms with E-state index < -0.39 is 5.63 Å². The zero-order valence-electron chi connectivity index (χ0n) is 11.3. The Morgan fingerprint density at radius 3 is 2.95 bits per heavy atom. The summed E-state index contributed by atoms with van der Waals surface area (Å²) in [5, 5.41) is 10.5. The Morgan fingerprint density at radius 2 is 2.29 bits per heavy atom. The molecule has 6 heteroatoms. The first kappa shape index (κ1) is 15.0. The number of carbonyl (C=O) groups excluding carboxylic acids is 1. The van der Waals surface area contributed by atoms with Crippen LogP contribution in [-0.2, 0) is 6.54 Å². The number of carbonyl (C=O) groups is 1. The Labute approximate surface area is 125 Å². The quantitative estimate of drug-likeness (QED) is 0.868. The minimum absolute atomic E-state index is 0.178. The Hall–Kier alpha value is -2.36. The first-order chi connectivity index (χ1) is 10.1. The third kappa shape index (κ3) is 4.05. The molecule has 0 aliphatic heterocycles. The summed E-state index contributed by atoms with van der Waals surface area (Å²) in [6.07, 6.45) is 1.16. The molecular formula is C15H13NO4S. The fraction of sp³-hybridized carbons (Fsp3) is 0.200. The molecule has 1 N–H and O–H groups in total. The van der Waals surface area contributed by atoms with Gasteiger partial charge in [0.1, 0.15) is 12.9 Å². The molecular weight excluding hydrogens is 290 g/mol. The van der Waals surface area contributed by atoms with Crippen LogP contribution in [0.25, 0.3) is 0 Å². The van der Waals surface area contributed by atoms with Crippen molar-refractivity contribution in [1.29, 1.82) is 0 Å². The van der Waals surface area contributed by atoms with Crippen LogP contribution in [0.4, 0.5) is 0 Å². The molecule has 0 saturated carbocycles. The average molecular weight is 303 g/mol. The van der Waals surface area contributed by atoms with Crippen LogP contribution in [0, 0.1) is 11.8 Å². The summed E-state index contributed by atoms with van der Waals surface area (Å²) in [4.78, 5) is 25.5. The fourth-order valence-electron chi connectivity index (χ4n) is 1.68. The topological polar surface area (TPSA) is 70.8 Å². The summed E-state index contributed by atoms with van der Waals surface area (Å²) in [6.45, 7) is 0.256. The number of hydrogen-bond donors (Lipinski definition) is 1. The van der Waals surface area contributed by atoms with Crippen molar-refractivity contribution < 1.29 is 14.3 Å². The normalized spacial score (nSPS) is 9.81. The van der Waals surface area contributed by atoms with Crippen LogP contribution in [0.3, 0.4) is 0 Å². The van der Waals surface area contributed by atoms with Crippen LogP contribution in [-0.4, -0.2) is 29.6 Å². The second-order valence-corrected chi connectivity index (χ2v) is 5.26. The molecule has 0 aromatic carbocycles. The van der Waals surface area contributed by atoms with Gasteiger partial charge in [-0.15, -0.1) is 11.3 Å². The van der Waals surface area contributed by atoms with Gasteiger partial charge in [-0.25, -0.2) is 4.79 Å². The van der Waals surface area contributed by atoms with Crippen LogP contribution < -0.4 is 5.63 Å². The van der Waals surface area contributed by atoms with E-state index >= 15 is 0 Å². The van der Waals surface area contributed by atoms with Crippen molar-refractivity contribution in [1.82, 2.24) is 4.90 Å². The molecule has 0 spiro atoms. The molecule has 2 heterocycles. The van der Waals surface area contributed by atoms with Gasteiger partial charge in [0.25, 0.3) is 5.91 Å². The van der Waals surface area contributed by atoms with Gasteiger partial charge in [0.15, 0.2) is 0 Å². The van der Waals surface area contributed by atoms with Crippen LogP contribution >= 0.6 is 11.3 Å². The van der Waals surface area contributed by atoms with Gasteiger partial charge in [-0.2, -0.15) is 0 Å². The third-order valence-electron chi connectivity index (χ3n) is 2.65. The van der Waals surface area contributed by atoms with E-state index in [4.69, 9.17) is 5.11 Å². The molecule has 2 aromatic rings. The molecule has 0 saturated heterocycles. The summed E-state index contributed by atoms with van der Waals surface area (Å²) in [7, 11) is 1.67. The van der Waals surface area contributed by atoms with Crippen LogP contribution in [0.1, 0.15) is 20.8 Å². The zero-order valence-corrected chi connectivity index (χ0v) is 12.1. The lowest BCUT2D eigenvalue weighted by Gasteiger charge is -2.15. The van der Waals surface area contributed by atoms with E-state index in [-0.39, 0.29) is 12.5 Å². The number of aliphatic hydroxyl groups excluding tert-OH is 1. The van der Waals surface area contributed by atoms with E-state index in [0.29, 0.717) is 12.1 Å². The van der Waals surface area contributed by atoms with Gasteiger partial charge >= 0.3 is 5.63 Å².